The summed E-state index contributed by atoms with van der Waals surface area (Å²) in [6.07, 6.45) is 2.62. The molecule has 1 aliphatic rings. The first-order chi connectivity index (χ1) is 17.4. The van der Waals surface area contributed by atoms with Gasteiger partial charge in [0.2, 0.25) is 0 Å². The normalized spacial score (nSPS) is 15.9. The van der Waals surface area contributed by atoms with E-state index in [0.29, 0.717) is 35.5 Å². The number of pyridine rings is 1. The third-order valence-electron chi connectivity index (χ3n) is 6.64. The Bertz CT molecular complexity index is 1030. The second-order valence-electron chi connectivity index (χ2n) is 10.8. The minimum atomic E-state index is -0.459. The van der Waals surface area contributed by atoms with Crippen LogP contribution in [0.15, 0.2) is 22.9 Å². The lowest BCUT2D eigenvalue weighted by molar-refractivity contribution is -0.0617. The molecule has 0 radical (unpaired) electrons. The number of hydrogen-bond acceptors (Lipinski definition) is 6. The number of thiophene rings is 1. The quantitative estimate of drug-likeness (QED) is 0.326. The predicted molar refractivity (Wildman–Crippen MR) is 149 cm³/mol. The van der Waals surface area contributed by atoms with E-state index in [1.807, 2.05) is 38.0 Å². The van der Waals surface area contributed by atoms with E-state index < -0.39 is 5.60 Å². The van der Waals surface area contributed by atoms with Crippen LogP contribution in [0.1, 0.15) is 74.1 Å². The van der Waals surface area contributed by atoms with Gasteiger partial charge in [0.1, 0.15) is 5.15 Å². The first-order valence-corrected chi connectivity index (χ1v) is 14.2. The van der Waals surface area contributed by atoms with Gasteiger partial charge >= 0.3 is 6.03 Å². The van der Waals surface area contributed by atoms with Crippen molar-refractivity contribution in [1.29, 1.82) is 0 Å². The standard InChI is InChI=1S/C27H40ClN5O3S/c1-18-15-23(28)30-20(3)24(18)25(34)29-11-7-19(2)32-12-8-22(9-13-32)33(16-21-10-14-37-17-21)26(35)31-36-27(4,5)6/h10,14-15,17,19,22H,7-9,11-13,16H2,1-6H3,(H,29,34)(H,31,35). The molecule has 0 saturated carbocycles. The number of nitrogens with zero attached hydrogens (tertiary/aromatic N) is 3. The Hall–Kier alpha value is -2.20. The van der Waals surface area contributed by atoms with Gasteiger partial charge in [-0.2, -0.15) is 11.3 Å². The summed E-state index contributed by atoms with van der Waals surface area (Å²) in [5.74, 6) is -0.113. The fourth-order valence-electron chi connectivity index (χ4n) is 4.63. The first kappa shape index (κ1) is 29.4. The molecule has 3 heterocycles. The highest BCUT2D eigenvalue weighted by molar-refractivity contribution is 7.07. The Morgan fingerprint density at radius 2 is 2.00 bits per heavy atom. The van der Waals surface area contributed by atoms with Crippen LogP contribution in [0.5, 0.6) is 0 Å². The summed E-state index contributed by atoms with van der Waals surface area (Å²) in [4.78, 5) is 39.9. The number of urea groups is 1. The van der Waals surface area contributed by atoms with E-state index in [1.165, 1.54) is 0 Å². The molecule has 204 valence electrons. The van der Waals surface area contributed by atoms with Gasteiger partial charge in [0.15, 0.2) is 0 Å². The van der Waals surface area contributed by atoms with Gasteiger partial charge in [0.25, 0.3) is 5.91 Å². The van der Waals surface area contributed by atoms with Gasteiger partial charge in [-0.05, 0) is 94.8 Å². The molecule has 10 heteroatoms. The summed E-state index contributed by atoms with van der Waals surface area (Å²) < 4.78 is 0. The Morgan fingerprint density at radius 1 is 1.30 bits per heavy atom. The molecule has 1 saturated heterocycles. The van der Waals surface area contributed by atoms with Crippen molar-refractivity contribution in [3.8, 4) is 0 Å². The van der Waals surface area contributed by atoms with Gasteiger partial charge in [-0.1, -0.05) is 11.6 Å². The number of nitrogens with one attached hydrogen (secondary N) is 2. The van der Waals surface area contributed by atoms with E-state index in [4.69, 9.17) is 16.4 Å². The Morgan fingerprint density at radius 3 is 2.59 bits per heavy atom. The van der Waals surface area contributed by atoms with Crippen molar-refractivity contribution in [3.05, 3.63) is 50.4 Å². The number of likely N-dealkylation sites (tertiary alicyclic amines) is 1. The molecule has 3 rings (SSSR count). The molecule has 0 spiro atoms. The number of halogens is 1. The van der Waals surface area contributed by atoms with Gasteiger partial charge in [0.05, 0.1) is 16.9 Å². The number of aryl methyl sites for hydroxylation is 2. The number of hydrogen-bond donors (Lipinski definition) is 2. The van der Waals surface area contributed by atoms with E-state index in [0.717, 1.165) is 43.5 Å². The highest BCUT2D eigenvalue weighted by Crippen LogP contribution is 2.23. The molecule has 1 aliphatic heterocycles. The molecule has 37 heavy (non-hydrogen) atoms. The minimum Gasteiger partial charge on any atom is -0.352 e. The molecule has 1 unspecified atom stereocenters. The van der Waals surface area contributed by atoms with Crippen LogP contribution < -0.4 is 10.8 Å². The predicted octanol–water partition coefficient (Wildman–Crippen LogP) is 5.33. The van der Waals surface area contributed by atoms with Gasteiger partial charge in [-0.15, -0.1) is 0 Å². The number of aromatic nitrogens is 1. The number of hydroxylamine groups is 1. The maximum absolute atomic E-state index is 13.0. The van der Waals surface area contributed by atoms with Gasteiger partial charge in [0, 0.05) is 38.3 Å². The summed E-state index contributed by atoms with van der Waals surface area (Å²) in [5, 5.41) is 7.56. The molecule has 2 aromatic rings. The molecule has 1 fully saturated rings. The Labute approximate surface area is 229 Å². The molecular formula is C27H40ClN5O3S. The second kappa shape index (κ2) is 13.0. The minimum absolute atomic E-state index is 0.113. The third-order valence-corrected chi connectivity index (χ3v) is 7.57. The van der Waals surface area contributed by atoms with Crippen molar-refractivity contribution in [3.63, 3.8) is 0 Å². The second-order valence-corrected chi connectivity index (χ2v) is 11.9. The summed E-state index contributed by atoms with van der Waals surface area (Å²) >= 11 is 7.63. The maximum Gasteiger partial charge on any atom is 0.341 e. The summed E-state index contributed by atoms with van der Waals surface area (Å²) in [6, 6.07) is 4.03. The average Bonchev–Trinajstić information content (AvgIpc) is 3.33. The Balaban J connectivity index is 1.50. The van der Waals surface area contributed by atoms with Crippen molar-refractivity contribution >= 4 is 34.9 Å². The van der Waals surface area contributed by atoms with Crippen molar-refractivity contribution in [2.45, 2.75) is 85.0 Å². The van der Waals surface area contributed by atoms with E-state index in [9.17, 15) is 9.59 Å². The topological polar surface area (TPSA) is 86.8 Å². The lowest BCUT2D eigenvalue weighted by atomic mass is 10.0. The van der Waals surface area contributed by atoms with Crippen LogP contribution in [-0.2, 0) is 11.4 Å². The number of carbonyl (C=O) groups excluding carboxylic acids is 2. The fraction of sp³-hybridized carbons (Fsp3) is 0.593. The molecular weight excluding hydrogens is 510 g/mol. The lowest BCUT2D eigenvalue weighted by Gasteiger charge is -2.40. The van der Waals surface area contributed by atoms with Crippen molar-refractivity contribution in [2.24, 2.45) is 0 Å². The van der Waals surface area contributed by atoms with Crippen LogP contribution in [0.25, 0.3) is 0 Å². The summed E-state index contributed by atoms with van der Waals surface area (Å²) in [6.45, 7) is 14.5. The van der Waals surface area contributed by atoms with E-state index in [2.05, 4.69) is 39.1 Å². The summed E-state index contributed by atoms with van der Waals surface area (Å²) in [5.41, 5.74) is 5.39. The highest BCUT2D eigenvalue weighted by atomic mass is 35.5. The van der Waals surface area contributed by atoms with Gasteiger partial charge < -0.3 is 15.1 Å². The molecule has 1 atom stereocenters. The zero-order valence-corrected chi connectivity index (χ0v) is 24.3. The fourth-order valence-corrected chi connectivity index (χ4v) is 5.58. The molecule has 0 aromatic carbocycles. The lowest BCUT2D eigenvalue weighted by Crippen LogP contribution is -2.52. The number of rotatable bonds is 9. The first-order valence-electron chi connectivity index (χ1n) is 12.9. The van der Waals surface area contributed by atoms with Gasteiger partial charge in [-0.25, -0.2) is 15.3 Å². The SMILES string of the molecule is Cc1cc(Cl)nc(C)c1C(=O)NCCC(C)N1CCC(N(Cc2ccsc2)C(=O)NOC(C)(C)C)CC1. The number of piperidine rings is 1. The molecule has 0 aliphatic carbocycles. The van der Waals surface area contributed by atoms with Crippen LogP contribution in [0.2, 0.25) is 5.15 Å². The smallest absolute Gasteiger partial charge is 0.341 e. The van der Waals surface area contributed by atoms with Crippen molar-refractivity contribution in [1.82, 2.24) is 25.6 Å². The van der Waals surface area contributed by atoms with Crippen LogP contribution >= 0.6 is 22.9 Å². The van der Waals surface area contributed by atoms with E-state index in [-0.39, 0.29) is 18.0 Å². The Kier molecular flexibility index (Phi) is 10.3. The van der Waals surface area contributed by atoms with Crippen LogP contribution in [0.4, 0.5) is 4.79 Å². The molecule has 0 bridgehead atoms. The summed E-state index contributed by atoms with van der Waals surface area (Å²) in [7, 11) is 0. The molecule has 2 aromatic heterocycles. The number of amides is 3. The highest BCUT2D eigenvalue weighted by Gasteiger charge is 2.30. The molecule has 3 amide bonds. The van der Waals surface area contributed by atoms with Crippen molar-refractivity contribution < 1.29 is 14.4 Å². The van der Waals surface area contributed by atoms with Crippen LogP contribution in [-0.4, -0.2) is 64.0 Å². The van der Waals surface area contributed by atoms with Gasteiger partial charge in [-0.3, -0.25) is 9.63 Å². The third kappa shape index (κ3) is 8.67. The molecule has 2 N–H and O–H groups in total. The van der Waals surface area contributed by atoms with E-state index >= 15 is 0 Å². The average molecular weight is 550 g/mol. The number of carbonyl (C=O) groups is 2. The maximum atomic E-state index is 13.0. The van der Waals surface area contributed by atoms with Crippen LogP contribution in [0.3, 0.4) is 0 Å². The van der Waals surface area contributed by atoms with E-state index in [1.54, 1.807) is 24.3 Å². The monoisotopic (exact) mass is 549 g/mol. The van der Waals surface area contributed by atoms with Crippen LogP contribution in [0, 0.1) is 13.8 Å². The largest absolute Gasteiger partial charge is 0.352 e. The molecule has 8 nitrogen and oxygen atoms in total. The van der Waals surface area contributed by atoms with Crippen molar-refractivity contribution in [2.75, 3.05) is 19.6 Å². The zero-order valence-electron chi connectivity index (χ0n) is 22.8. The zero-order chi connectivity index (χ0) is 27.2.